The highest BCUT2D eigenvalue weighted by molar-refractivity contribution is 5.81. The summed E-state index contributed by atoms with van der Waals surface area (Å²) < 4.78 is 25.0. The van der Waals surface area contributed by atoms with Crippen molar-refractivity contribution in [2.75, 3.05) is 0 Å². The van der Waals surface area contributed by atoms with Crippen LogP contribution < -0.4 is 0 Å². The van der Waals surface area contributed by atoms with Crippen molar-refractivity contribution in [2.45, 2.75) is 135 Å². The number of esters is 2. The number of carboxylic acid groups (broad SMARTS) is 3. The molecule has 12 nitrogen and oxygen atoms in total. The highest BCUT2D eigenvalue weighted by Crippen LogP contribution is 2.48. The SMILES string of the molecule is CCCCC1(OC(=O)CCC(=O)O)CCC2(CCC(C)C(C/C=C(C)/C=C/C(OC(C)=O)C(C)/C=C/C(=O)O)O2)OC1/C=C/C(C)=C/C(=O)O. The standard InChI is InChI=1S/C38H54O12/c1-7-8-20-37(50-36(46)18-17-34(42)43)22-23-38(49-32(37)15-11-26(3)24-35(44)45)21-19-28(5)31(48-38)14-10-25(2)9-13-30(47-29(6)39)27(4)12-16-33(40)41/h9-13,15-16,24,27-28,30-32H,7-8,14,17-23H2,1-6H3,(H,40,41)(H,42,43)(H,44,45)/b13-9+,15-11+,16-12+,25-10+,26-24+. The van der Waals surface area contributed by atoms with Crippen LogP contribution in [0.5, 0.6) is 0 Å². The lowest BCUT2D eigenvalue weighted by atomic mass is 9.78. The van der Waals surface area contributed by atoms with Crippen LogP contribution in [-0.2, 0) is 42.9 Å². The molecule has 3 N–H and O–H groups in total. The fourth-order valence-corrected chi connectivity index (χ4v) is 6.14. The third kappa shape index (κ3) is 14.1. The molecule has 2 saturated heterocycles. The van der Waals surface area contributed by atoms with E-state index in [1.54, 1.807) is 32.1 Å². The summed E-state index contributed by atoms with van der Waals surface area (Å²) in [6, 6.07) is 0. The molecule has 7 atom stereocenters. The monoisotopic (exact) mass is 702 g/mol. The smallest absolute Gasteiger partial charge is 0.328 e. The van der Waals surface area contributed by atoms with Crippen LogP contribution in [0, 0.1) is 11.8 Å². The number of carbonyl (C=O) groups excluding carboxylic acids is 2. The van der Waals surface area contributed by atoms with Gasteiger partial charge in [0, 0.05) is 37.8 Å². The molecule has 50 heavy (non-hydrogen) atoms. The molecule has 2 heterocycles. The van der Waals surface area contributed by atoms with Crippen LogP contribution >= 0.6 is 0 Å². The van der Waals surface area contributed by atoms with Gasteiger partial charge in [0.2, 0.25) is 0 Å². The van der Waals surface area contributed by atoms with E-state index in [9.17, 15) is 29.1 Å². The van der Waals surface area contributed by atoms with Gasteiger partial charge in [-0.3, -0.25) is 14.4 Å². The minimum absolute atomic E-state index is 0.197. The van der Waals surface area contributed by atoms with Crippen molar-refractivity contribution in [1.82, 2.24) is 0 Å². The number of allylic oxidation sites excluding steroid dienone is 4. The predicted molar refractivity (Wildman–Crippen MR) is 185 cm³/mol. The molecular formula is C38H54O12. The summed E-state index contributed by atoms with van der Waals surface area (Å²) in [7, 11) is 0. The van der Waals surface area contributed by atoms with E-state index >= 15 is 0 Å². The van der Waals surface area contributed by atoms with Gasteiger partial charge in [0.25, 0.3) is 0 Å². The Morgan fingerprint density at radius 1 is 0.900 bits per heavy atom. The Balaban J connectivity index is 2.34. The van der Waals surface area contributed by atoms with Gasteiger partial charge >= 0.3 is 29.8 Å². The quantitative estimate of drug-likeness (QED) is 0.0782. The normalized spacial score (nSPS) is 27.4. The second-order valence-electron chi connectivity index (χ2n) is 13.4. The Morgan fingerprint density at radius 3 is 2.24 bits per heavy atom. The van der Waals surface area contributed by atoms with E-state index in [-0.39, 0.29) is 30.8 Å². The summed E-state index contributed by atoms with van der Waals surface area (Å²) >= 11 is 0. The molecule has 0 radical (unpaired) electrons. The Bertz CT molecular complexity index is 1360. The summed E-state index contributed by atoms with van der Waals surface area (Å²) in [6.07, 6.45) is 15.0. The van der Waals surface area contributed by atoms with E-state index in [0.29, 0.717) is 37.7 Å². The maximum atomic E-state index is 12.9. The number of hydrogen-bond acceptors (Lipinski definition) is 9. The van der Waals surface area contributed by atoms with Crippen LogP contribution in [0.3, 0.4) is 0 Å². The number of rotatable bonds is 18. The maximum Gasteiger partial charge on any atom is 0.328 e. The number of carboxylic acids is 3. The van der Waals surface area contributed by atoms with Crippen molar-refractivity contribution in [3.8, 4) is 0 Å². The molecule has 0 amide bonds. The first kappa shape index (κ1) is 42.1. The van der Waals surface area contributed by atoms with Gasteiger partial charge in [-0.15, -0.1) is 0 Å². The zero-order chi connectivity index (χ0) is 37.5. The van der Waals surface area contributed by atoms with Crippen LogP contribution in [0.25, 0.3) is 0 Å². The lowest BCUT2D eigenvalue weighted by molar-refractivity contribution is -0.344. The van der Waals surface area contributed by atoms with E-state index < -0.39 is 53.4 Å². The number of aliphatic carboxylic acids is 3. The first-order valence-corrected chi connectivity index (χ1v) is 17.3. The number of unbranched alkanes of at least 4 members (excludes halogenated alkanes) is 1. The summed E-state index contributed by atoms with van der Waals surface area (Å²) in [4.78, 5) is 58.0. The summed E-state index contributed by atoms with van der Waals surface area (Å²) in [5.74, 6) is -5.54. The third-order valence-corrected chi connectivity index (χ3v) is 9.05. The first-order valence-electron chi connectivity index (χ1n) is 17.3. The third-order valence-electron chi connectivity index (χ3n) is 9.05. The molecule has 278 valence electrons. The van der Waals surface area contributed by atoms with Crippen molar-refractivity contribution < 1.29 is 58.2 Å². The highest BCUT2D eigenvalue weighted by Gasteiger charge is 2.54. The molecule has 1 spiro atoms. The molecule has 0 aliphatic carbocycles. The van der Waals surface area contributed by atoms with E-state index in [1.807, 2.05) is 26.0 Å². The van der Waals surface area contributed by atoms with E-state index in [2.05, 4.69) is 6.92 Å². The van der Waals surface area contributed by atoms with Gasteiger partial charge in [0.05, 0.1) is 18.9 Å². The largest absolute Gasteiger partial charge is 0.481 e. The van der Waals surface area contributed by atoms with Crippen LogP contribution in [0.2, 0.25) is 0 Å². The molecule has 2 aliphatic rings. The molecule has 2 aliphatic heterocycles. The molecule has 12 heteroatoms. The van der Waals surface area contributed by atoms with Gasteiger partial charge in [0.15, 0.2) is 5.79 Å². The second kappa shape index (κ2) is 20.0. The molecule has 0 aromatic carbocycles. The van der Waals surface area contributed by atoms with Crippen molar-refractivity contribution in [1.29, 1.82) is 0 Å². The summed E-state index contributed by atoms with van der Waals surface area (Å²) in [6.45, 7) is 10.7. The molecular weight excluding hydrogens is 648 g/mol. The van der Waals surface area contributed by atoms with Gasteiger partial charge in [0.1, 0.15) is 17.8 Å². The molecule has 0 aromatic heterocycles. The average molecular weight is 703 g/mol. The fourth-order valence-electron chi connectivity index (χ4n) is 6.14. The van der Waals surface area contributed by atoms with Gasteiger partial charge in [-0.25, -0.2) is 9.59 Å². The van der Waals surface area contributed by atoms with Crippen LogP contribution in [-0.4, -0.2) is 74.9 Å². The van der Waals surface area contributed by atoms with Crippen LogP contribution in [0.1, 0.15) is 106 Å². The lowest BCUT2D eigenvalue weighted by Crippen LogP contribution is -2.59. The minimum atomic E-state index is -1.10. The van der Waals surface area contributed by atoms with E-state index in [4.69, 9.17) is 29.2 Å². The van der Waals surface area contributed by atoms with E-state index in [0.717, 1.165) is 37.0 Å². The Morgan fingerprint density at radius 2 is 1.62 bits per heavy atom. The number of carbonyl (C=O) groups is 5. The Labute approximate surface area is 294 Å². The van der Waals surface area contributed by atoms with Crippen LogP contribution in [0.15, 0.2) is 59.8 Å². The zero-order valence-corrected chi connectivity index (χ0v) is 30.1. The van der Waals surface area contributed by atoms with Crippen molar-refractivity contribution in [2.24, 2.45) is 11.8 Å². The fraction of sp³-hybridized carbons (Fsp3) is 0.605. The van der Waals surface area contributed by atoms with Gasteiger partial charge in [-0.1, -0.05) is 63.1 Å². The highest BCUT2D eigenvalue weighted by atomic mass is 16.7. The summed E-state index contributed by atoms with van der Waals surface area (Å²) in [5, 5.41) is 27.3. The van der Waals surface area contributed by atoms with Gasteiger partial charge < -0.3 is 34.3 Å². The van der Waals surface area contributed by atoms with Gasteiger partial charge in [-0.2, -0.15) is 0 Å². The Hall–Kier alpha value is -4.03. The first-order chi connectivity index (χ1) is 23.5. The molecule has 0 saturated carbocycles. The van der Waals surface area contributed by atoms with Crippen molar-refractivity contribution >= 4 is 29.8 Å². The molecule has 0 bridgehead atoms. The van der Waals surface area contributed by atoms with Crippen molar-refractivity contribution in [3.05, 3.63) is 59.8 Å². The van der Waals surface area contributed by atoms with Crippen molar-refractivity contribution in [3.63, 3.8) is 0 Å². The molecule has 2 rings (SSSR count). The molecule has 2 fully saturated rings. The lowest BCUT2D eigenvalue weighted by Gasteiger charge is -2.53. The topological polar surface area (TPSA) is 183 Å². The Kier molecular flexibility index (Phi) is 16.8. The predicted octanol–water partition coefficient (Wildman–Crippen LogP) is 6.70. The zero-order valence-electron chi connectivity index (χ0n) is 30.1. The summed E-state index contributed by atoms with van der Waals surface area (Å²) in [5.41, 5.74) is 0.273. The minimum Gasteiger partial charge on any atom is -0.481 e. The second-order valence-corrected chi connectivity index (χ2v) is 13.4. The number of ether oxygens (including phenoxy) is 4. The number of hydrogen-bond donors (Lipinski definition) is 3. The maximum absolute atomic E-state index is 12.9. The van der Waals surface area contributed by atoms with Crippen LogP contribution in [0.4, 0.5) is 0 Å². The van der Waals surface area contributed by atoms with E-state index in [1.165, 1.54) is 13.0 Å². The van der Waals surface area contributed by atoms with Gasteiger partial charge in [-0.05, 0) is 63.5 Å². The molecule has 7 unspecified atom stereocenters. The average Bonchev–Trinajstić information content (AvgIpc) is 3.04. The molecule has 0 aromatic rings.